The van der Waals surface area contributed by atoms with Gasteiger partial charge in [0.15, 0.2) is 0 Å². The Morgan fingerprint density at radius 2 is 2.28 bits per heavy atom. The molecule has 0 aromatic carbocycles. The van der Waals surface area contributed by atoms with E-state index in [1.807, 2.05) is 12.3 Å². The smallest absolute Gasteiger partial charge is 0.223 e. The Morgan fingerprint density at radius 3 is 2.94 bits per heavy atom. The molecule has 1 N–H and O–H groups in total. The molecule has 1 amide bonds. The molecule has 0 aliphatic heterocycles. The number of aromatic nitrogens is 1. The minimum Gasteiger partial charge on any atom is -0.383 e. The summed E-state index contributed by atoms with van der Waals surface area (Å²) in [5.74, 6) is 0.155. The van der Waals surface area contributed by atoms with Crippen molar-refractivity contribution < 1.29 is 9.53 Å². The zero-order valence-corrected chi connectivity index (χ0v) is 11.5. The number of ether oxygens (including phenoxy) is 1. The normalized spacial score (nSPS) is 10.6. The summed E-state index contributed by atoms with van der Waals surface area (Å²) in [5, 5.41) is 3.30. The Kier molecular flexibility index (Phi) is 6.46. The third kappa shape index (κ3) is 4.89. The highest BCUT2D eigenvalue weighted by Crippen LogP contribution is 2.04. The standard InChI is InChI=1S/C13H23N3O2/c1-15(2)13(17)6-9-16-8-4-5-12(16)11-14-7-10-18-3/h4-5,8,14H,6-7,9-11H2,1-3H3. The molecular formula is C13H23N3O2. The van der Waals surface area contributed by atoms with E-state index in [0.717, 1.165) is 19.6 Å². The van der Waals surface area contributed by atoms with Crippen LogP contribution in [0.2, 0.25) is 0 Å². The highest BCUT2D eigenvalue weighted by Gasteiger charge is 2.06. The van der Waals surface area contributed by atoms with Crippen LogP contribution in [0, 0.1) is 0 Å². The van der Waals surface area contributed by atoms with Crippen molar-refractivity contribution in [2.45, 2.75) is 19.5 Å². The summed E-state index contributed by atoms with van der Waals surface area (Å²) in [6.45, 7) is 3.07. The van der Waals surface area contributed by atoms with Crippen LogP contribution < -0.4 is 5.32 Å². The molecule has 1 heterocycles. The van der Waals surface area contributed by atoms with Crippen LogP contribution >= 0.6 is 0 Å². The van der Waals surface area contributed by atoms with Gasteiger partial charge in [-0.25, -0.2) is 0 Å². The van der Waals surface area contributed by atoms with Crippen LogP contribution in [0.4, 0.5) is 0 Å². The third-order valence-corrected chi connectivity index (χ3v) is 2.78. The molecule has 0 atom stereocenters. The van der Waals surface area contributed by atoms with Crippen molar-refractivity contribution in [1.29, 1.82) is 0 Å². The van der Waals surface area contributed by atoms with Crippen molar-refractivity contribution in [3.63, 3.8) is 0 Å². The highest BCUT2D eigenvalue weighted by atomic mass is 16.5. The lowest BCUT2D eigenvalue weighted by Gasteiger charge is -2.13. The van der Waals surface area contributed by atoms with E-state index in [0.29, 0.717) is 13.0 Å². The number of aryl methyl sites for hydroxylation is 1. The molecule has 0 fully saturated rings. The largest absolute Gasteiger partial charge is 0.383 e. The van der Waals surface area contributed by atoms with Gasteiger partial charge in [-0.3, -0.25) is 4.79 Å². The number of nitrogens with zero attached hydrogens (tertiary/aromatic N) is 2. The van der Waals surface area contributed by atoms with Gasteiger partial charge in [0.2, 0.25) is 5.91 Å². The molecule has 0 unspecified atom stereocenters. The van der Waals surface area contributed by atoms with Crippen molar-refractivity contribution in [1.82, 2.24) is 14.8 Å². The first-order valence-electron chi connectivity index (χ1n) is 6.19. The molecule has 0 radical (unpaired) electrons. The number of rotatable bonds is 8. The lowest BCUT2D eigenvalue weighted by Crippen LogP contribution is -2.24. The van der Waals surface area contributed by atoms with E-state index in [9.17, 15) is 4.79 Å². The Hall–Kier alpha value is -1.33. The summed E-state index contributed by atoms with van der Waals surface area (Å²) >= 11 is 0. The summed E-state index contributed by atoms with van der Waals surface area (Å²) in [6, 6.07) is 4.08. The van der Waals surface area contributed by atoms with Gasteiger partial charge >= 0.3 is 0 Å². The molecule has 1 rings (SSSR count). The maximum atomic E-state index is 11.5. The van der Waals surface area contributed by atoms with E-state index in [4.69, 9.17) is 4.74 Å². The quantitative estimate of drug-likeness (QED) is 0.694. The SMILES string of the molecule is COCCNCc1cccn1CCC(=O)N(C)C. The van der Waals surface area contributed by atoms with E-state index in [2.05, 4.69) is 16.0 Å². The Labute approximate surface area is 109 Å². The van der Waals surface area contributed by atoms with E-state index in [1.54, 1.807) is 26.1 Å². The fourth-order valence-electron chi connectivity index (χ4n) is 1.66. The number of carbonyl (C=O) groups excluding carboxylic acids is 1. The summed E-state index contributed by atoms with van der Waals surface area (Å²) < 4.78 is 7.09. The second-order valence-electron chi connectivity index (χ2n) is 4.40. The molecule has 1 aromatic heterocycles. The lowest BCUT2D eigenvalue weighted by molar-refractivity contribution is -0.128. The zero-order chi connectivity index (χ0) is 13.4. The van der Waals surface area contributed by atoms with Crippen molar-refractivity contribution >= 4 is 5.91 Å². The van der Waals surface area contributed by atoms with Gasteiger partial charge in [-0.05, 0) is 12.1 Å². The molecule has 0 aliphatic rings. The minimum absolute atomic E-state index is 0.155. The summed E-state index contributed by atoms with van der Waals surface area (Å²) in [7, 11) is 5.26. The second-order valence-corrected chi connectivity index (χ2v) is 4.40. The average molecular weight is 253 g/mol. The van der Waals surface area contributed by atoms with Crippen LogP contribution in [0.1, 0.15) is 12.1 Å². The fourth-order valence-corrected chi connectivity index (χ4v) is 1.66. The lowest BCUT2D eigenvalue weighted by atomic mass is 10.3. The first-order valence-corrected chi connectivity index (χ1v) is 6.19. The average Bonchev–Trinajstić information content (AvgIpc) is 2.79. The van der Waals surface area contributed by atoms with Gasteiger partial charge in [-0.1, -0.05) is 0 Å². The highest BCUT2D eigenvalue weighted by molar-refractivity contribution is 5.75. The molecule has 0 aliphatic carbocycles. The maximum Gasteiger partial charge on any atom is 0.223 e. The second kappa shape index (κ2) is 7.89. The Balaban J connectivity index is 2.37. The van der Waals surface area contributed by atoms with Crippen LogP contribution in [0.25, 0.3) is 0 Å². The predicted octanol–water partition coefficient (Wildman–Crippen LogP) is 0.702. The van der Waals surface area contributed by atoms with Gasteiger partial charge in [0, 0.05) is 59.2 Å². The van der Waals surface area contributed by atoms with Crippen LogP contribution in [0.15, 0.2) is 18.3 Å². The van der Waals surface area contributed by atoms with Gasteiger partial charge in [0.25, 0.3) is 0 Å². The maximum absolute atomic E-state index is 11.5. The number of amides is 1. The molecule has 0 saturated carbocycles. The molecule has 1 aromatic rings. The predicted molar refractivity (Wildman–Crippen MR) is 71.3 cm³/mol. The van der Waals surface area contributed by atoms with Gasteiger partial charge in [-0.2, -0.15) is 0 Å². The molecule has 5 nitrogen and oxygen atoms in total. The van der Waals surface area contributed by atoms with Crippen LogP contribution in [0.5, 0.6) is 0 Å². The molecule has 18 heavy (non-hydrogen) atoms. The molecule has 5 heteroatoms. The van der Waals surface area contributed by atoms with E-state index >= 15 is 0 Å². The summed E-state index contributed by atoms with van der Waals surface area (Å²) in [4.78, 5) is 13.2. The summed E-state index contributed by atoms with van der Waals surface area (Å²) in [6.07, 6.45) is 2.54. The van der Waals surface area contributed by atoms with Gasteiger partial charge < -0.3 is 19.5 Å². The van der Waals surface area contributed by atoms with E-state index < -0.39 is 0 Å². The molecule has 0 spiro atoms. The first kappa shape index (κ1) is 14.7. The number of hydrogen-bond donors (Lipinski definition) is 1. The van der Waals surface area contributed by atoms with Gasteiger partial charge in [0.05, 0.1) is 6.61 Å². The van der Waals surface area contributed by atoms with Crippen molar-refractivity contribution in [2.75, 3.05) is 34.4 Å². The topological polar surface area (TPSA) is 46.5 Å². The molecular weight excluding hydrogens is 230 g/mol. The fraction of sp³-hybridized carbons (Fsp3) is 0.615. The Morgan fingerprint density at radius 1 is 1.50 bits per heavy atom. The molecule has 0 saturated heterocycles. The minimum atomic E-state index is 0.155. The third-order valence-electron chi connectivity index (χ3n) is 2.78. The number of hydrogen-bond acceptors (Lipinski definition) is 3. The number of carbonyl (C=O) groups is 1. The molecule has 102 valence electrons. The molecule has 0 bridgehead atoms. The van der Waals surface area contributed by atoms with E-state index in [-0.39, 0.29) is 5.91 Å². The van der Waals surface area contributed by atoms with Crippen molar-refractivity contribution in [2.24, 2.45) is 0 Å². The zero-order valence-electron chi connectivity index (χ0n) is 11.5. The summed E-state index contributed by atoms with van der Waals surface area (Å²) in [5.41, 5.74) is 1.19. The van der Waals surface area contributed by atoms with Crippen molar-refractivity contribution in [3.05, 3.63) is 24.0 Å². The Bertz CT molecular complexity index is 361. The van der Waals surface area contributed by atoms with Crippen LogP contribution in [-0.4, -0.2) is 49.7 Å². The van der Waals surface area contributed by atoms with Crippen molar-refractivity contribution in [3.8, 4) is 0 Å². The monoisotopic (exact) mass is 253 g/mol. The van der Waals surface area contributed by atoms with Crippen LogP contribution in [0.3, 0.4) is 0 Å². The van der Waals surface area contributed by atoms with Gasteiger partial charge in [-0.15, -0.1) is 0 Å². The first-order chi connectivity index (χ1) is 8.65. The van der Waals surface area contributed by atoms with E-state index in [1.165, 1.54) is 5.69 Å². The van der Waals surface area contributed by atoms with Crippen LogP contribution in [-0.2, 0) is 22.6 Å². The number of methoxy groups -OCH3 is 1. The van der Waals surface area contributed by atoms with Gasteiger partial charge in [0.1, 0.15) is 0 Å². The number of nitrogens with one attached hydrogen (secondary N) is 1.